The molecule has 0 atom stereocenters. The molecule has 2 aliphatic rings. The minimum atomic E-state index is 0.341. The van der Waals surface area contributed by atoms with E-state index in [0.717, 1.165) is 73.4 Å². The van der Waals surface area contributed by atoms with Gasteiger partial charge in [0.1, 0.15) is 30.0 Å². The Bertz CT molecular complexity index is 2050. The number of imidazole rings is 1. The molecule has 0 radical (unpaired) electrons. The lowest BCUT2D eigenvalue weighted by atomic mass is 9.92. The monoisotopic (exact) mass is 523 g/mol. The zero-order valence-corrected chi connectivity index (χ0v) is 23.0. The van der Waals surface area contributed by atoms with Gasteiger partial charge in [-0.25, -0.2) is 15.0 Å². The summed E-state index contributed by atoms with van der Waals surface area (Å²) >= 11 is 0. The van der Waals surface area contributed by atoms with Gasteiger partial charge in [0, 0.05) is 40.6 Å². The third-order valence-electron chi connectivity index (χ3n) is 8.40. The van der Waals surface area contributed by atoms with Gasteiger partial charge in [0.2, 0.25) is 0 Å². The van der Waals surface area contributed by atoms with E-state index in [0.29, 0.717) is 18.4 Å². The lowest BCUT2D eigenvalue weighted by Gasteiger charge is -2.19. The predicted octanol–water partition coefficient (Wildman–Crippen LogP) is 8.29. The number of rotatable bonds is 3. The second-order valence-electron chi connectivity index (χ2n) is 11.6. The van der Waals surface area contributed by atoms with Crippen LogP contribution >= 0.6 is 0 Å². The van der Waals surface area contributed by atoms with E-state index in [9.17, 15) is 0 Å². The number of H-pyrrole nitrogens is 1. The fraction of sp³-hybridized carbons (Fsp3) is 0.235. The molecule has 8 rings (SSSR count). The molecule has 0 bridgehead atoms. The zero-order chi connectivity index (χ0) is 27.1. The van der Waals surface area contributed by atoms with Crippen LogP contribution in [0.1, 0.15) is 50.7 Å². The van der Waals surface area contributed by atoms with Gasteiger partial charge in [0.25, 0.3) is 0 Å². The topological polar surface area (TPSA) is 76.0 Å². The van der Waals surface area contributed by atoms with Crippen LogP contribution in [0.4, 0.5) is 5.69 Å². The Kier molecular flexibility index (Phi) is 4.93. The molecule has 1 N–H and O–H groups in total. The highest BCUT2D eigenvalue weighted by molar-refractivity contribution is 6.17. The standard InChI is InChI=1S/C34H29N5O/c1-17(2)28-13-26-23-9-6-20(12-25(23)27-14-35-16-36-31(27)32(26)37-28)19-5-8-22-21(11-19)7-10-24-30-29(15-40-33(22)24)38-34(39-30)18(3)4/h5-12,14,16-18H,13,15H2,1-4H3,(H,38,39). The average Bonchev–Trinajstić information content (AvgIpc) is 3.63. The highest BCUT2D eigenvalue weighted by Crippen LogP contribution is 2.44. The Morgan fingerprint density at radius 3 is 2.50 bits per heavy atom. The van der Waals surface area contributed by atoms with Gasteiger partial charge >= 0.3 is 0 Å². The molecule has 0 fully saturated rings. The maximum Gasteiger partial charge on any atom is 0.137 e. The average molecular weight is 524 g/mol. The summed E-state index contributed by atoms with van der Waals surface area (Å²) in [7, 11) is 0. The fourth-order valence-corrected chi connectivity index (χ4v) is 6.19. The molecule has 0 saturated carbocycles. The van der Waals surface area contributed by atoms with E-state index >= 15 is 0 Å². The third kappa shape index (κ3) is 3.35. The Morgan fingerprint density at radius 1 is 0.850 bits per heavy atom. The summed E-state index contributed by atoms with van der Waals surface area (Å²) in [6.07, 6.45) is 4.43. The summed E-state index contributed by atoms with van der Waals surface area (Å²) in [6.45, 7) is 9.23. The Labute approximate surface area is 232 Å². The number of ether oxygens (including phenoxy) is 1. The minimum absolute atomic E-state index is 0.341. The number of hydrogen-bond acceptors (Lipinski definition) is 5. The maximum atomic E-state index is 6.28. The molecule has 4 heterocycles. The SMILES string of the molecule is CC(C)C1=Nc2c(c3ccc(-c4ccc5c6c(ccc5c4)-c4nc(C(C)C)[nH]c4CO6)cc3c3cncnc23)C1. The second kappa shape index (κ2) is 8.46. The summed E-state index contributed by atoms with van der Waals surface area (Å²) in [5.41, 5.74) is 9.89. The molecule has 6 heteroatoms. The Hall–Kier alpha value is -4.58. The normalized spacial score (nSPS) is 14.1. The minimum Gasteiger partial charge on any atom is -0.486 e. The predicted molar refractivity (Wildman–Crippen MR) is 162 cm³/mol. The van der Waals surface area contributed by atoms with Crippen molar-refractivity contribution in [3.05, 3.63) is 78.1 Å². The van der Waals surface area contributed by atoms with Crippen LogP contribution in [0.5, 0.6) is 5.75 Å². The number of aliphatic imine (C=N–C) groups is 1. The van der Waals surface area contributed by atoms with E-state index in [1.165, 1.54) is 22.0 Å². The molecular formula is C34H29N5O. The van der Waals surface area contributed by atoms with Crippen LogP contribution in [0.15, 0.2) is 66.0 Å². The number of hydrogen-bond donors (Lipinski definition) is 1. The van der Waals surface area contributed by atoms with Crippen molar-refractivity contribution in [2.75, 3.05) is 0 Å². The first-order valence-corrected chi connectivity index (χ1v) is 14.0. The van der Waals surface area contributed by atoms with Crippen LogP contribution in [-0.4, -0.2) is 25.6 Å². The number of benzene rings is 4. The maximum absolute atomic E-state index is 6.28. The van der Waals surface area contributed by atoms with E-state index < -0.39 is 0 Å². The van der Waals surface area contributed by atoms with E-state index in [4.69, 9.17) is 14.7 Å². The van der Waals surface area contributed by atoms with Gasteiger partial charge in [0.05, 0.1) is 17.1 Å². The lowest BCUT2D eigenvalue weighted by molar-refractivity contribution is 0.301. The van der Waals surface area contributed by atoms with Crippen molar-refractivity contribution in [1.29, 1.82) is 0 Å². The van der Waals surface area contributed by atoms with Crippen molar-refractivity contribution in [3.63, 3.8) is 0 Å². The van der Waals surface area contributed by atoms with E-state index in [-0.39, 0.29) is 0 Å². The van der Waals surface area contributed by atoms with Gasteiger partial charge < -0.3 is 9.72 Å². The zero-order valence-electron chi connectivity index (χ0n) is 23.0. The van der Waals surface area contributed by atoms with Crippen molar-refractivity contribution in [2.45, 2.75) is 46.6 Å². The smallest absolute Gasteiger partial charge is 0.137 e. The van der Waals surface area contributed by atoms with Crippen LogP contribution in [-0.2, 0) is 13.0 Å². The van der Waals surface area contributed by atoms with Gasteiger partial charge in [-0.05, 0) is 57.0 Å². The van der Waals surface area contributed by atoms with Crippen molar-refractivity contribution < 1.29 is 4.74 Å². The highest BCUT2D eigenvalue weighted by atomic mass is 16.5. The molecule has 2 aromatic heterocycles. The number of fused-ring (bicyclic) bond motifs is 11. The molecule has 0 saturated heterocycles. The van der Waals surface area contributed by atoms with Crippen LogP contribution in [0.25, 0.3) is 54.8 Å². The van der Waals surface area contributed by atoms with Gasteiger partial charge in [-0.15, -0.1) is 0 Å². The number of aromatic amines is 1. The van der Waals surface area contributed by atoms with E-state index in [2.05, 4.69) is 91.2 Å². The quantitative estimate of drug-likeness (QED) is 0.237. The lowest BCUT2D eigenvalue weighted by Crippen LogP contribution is -2.06. The first kappa shape index (κ1) is 23.3. The van der Waals surface area contributed by atoms with E-state index in [1.54, 1.807) is 6.33 Å². The molecule has 0 aliphatic carbocycles. The highest BCUT2D eigenvalue weighted by Gasteiger charge is 2.25. The molecule has 2 aliphatic heterocycles. The number of aromatic nitrogens is 4. The summed E-state index contributed by atoms with van der Waals surface area (Å²) in [6, 6.07) is 17.7. The van der Waals surface area contributed by atoms with Crippen LogP contribution < -0.4 is 4.74 Å². The Morgan fingerprint density at radius 2 is 1.68 bits per heavy atom. The number of nitrogens with zero attached hydrogens (tertiary/aromatic N) is 4. The van der Waals surface area contributed by atoms with E-state index in [1.807, 2.05) is 6.20 Å². The summed E-state index contributed by atoms with van der Waals surface area (Å²) in [5.74, 6) is 2.66. The van der Waals surface area contributed by atoms with Crippen molar-refractivity contribution in [3.8, 4) is 28.1 Å². The first-order valence-electron chi connectivity index (χ1n) is 14.0. The largest absolute Gasteiger partial charge is 0.486 e. The van der Waals surface area contributed by atoms with Crippen LogP contribution in [0.2, 0.25) is 0 Å². The molecule has 196 valence electrons. The molecular weight excluding hydrogens is 494 g/mol. The molecule has 0 spiro atoms. The Balaban J connectivity index is 1.25. The fourth-order valence-electron chi connectivity index (χ4n) is 6.19. The third-order valence-corrected chi connectivity index (χ3v) is 8.40. The van der Waals surface area contributed by atoms with Gasteiger partial charge in [-0.3, -0.25) is 4.99 Å². The molecule has 4 aromatic carbocycles. The van der Waals surface area contributed by atoms with Crippen molar-refractivity contribution in [2.24, 2.45) is 10.9 Å². The summed E-state index contributed by atoms with van der Waals surface area (Å²) < 4.78 is 6.28. The van der Waals surface area contributed by atoms with Gasteiger partial charge in [-0.2, -0.15) is 0 Å². The molecule has 0 unspecified atom stereocenters. The van der Waals surface area contributed by atoms with Crippen molar-refractivity contribution in [1.82, 2.24) is 19.9 Å². The first-order chi connectivity index (χ1) is 19.5. The summed E-state index contributed by atoms with van der Waals surface area (Å²) in [5, 5.41) is 5.71. The number of nitrogens with one attached hydrogen (secondary N) is 1. The van der Waals surface area contributed by atoms with Gasteiger partial charge in [0.15, 0.2) is 0 Å². The molecule has 6 nitrogen and oxygen atoms in total. The molecule has 6 aromatic rings. The van der Waals surface area contributed by atoms with Crippen LogP contribution in [0.3, 0.4) is 0 Å². The van der Waals surface area contributed by atoms with Crippen LogP contribution in [0, 0.1) is 5.92 Å². The van der Waals surface area contributed by atoms with Crippen molar-refractivity contribution >= 4 is 43.8 Å². The molecule has 40 heavy (non-hydrogen) atoms. The second-order valence-corrected chi connectivity index (χ2v) is 11.6. The summed E-state index contributed by atoms with van der Waals surface area (Å²) in [4.78, 5) is 22.4. The molecule has 0 amide bonds. The van der Waals surface area contributed by atoms with Gasteiger partial charge in [-0.1, -0.05) is 58.0 Å².